The van der Waals surface area contributed by atoms with Gasteiger partial charge in [-0.1, -0.05) is 23.7 Å². The third-order valence-electron chi connectivity index (χ3n) is 3.84. The molecule has 1 amide bonds. The van der Waals surface area contributed by atoms with Crippen LogP contribution in [-0.2, 0) is 17.5 Å². The number of hydrogen-bond donors (Lipinski definition) is 1. The lowest BCUT2D eigenvalue weighted by molar-refractivity contribution is -0.139. The van der Waals surface area contributed by atoms with E-state index in [4.69, 9.17) is 16.3 Å². The van der Waals surface area contributed by atoms with Crippen molar-refractivity contribution in [1.29, 1.82) is 0 Å². The van der Waals surface area contributed by atoms with Gasteiger partial charge in [-0.2, -0.15) is 13.2 Å². The second kappa shape index (κ2) is 8.40. The van der Waals surface area contributed by atoms with E-state index in [0.717, 1.165) is 12.3 Å². The summed E-state index contributed by atoms with van der Waals surface area (Å²) in [7, 11) is 0. The highest BCUT2D eigenvalue weighted by atomic mass is 35.5. The van der Waals surface area contributed by atoms with Gasteiger partial charge in [0.1, 0.15) is 23.6 Å². The van der Waals surface area contributed by atoms with E-state index in [9.17, 15) is 22.8 Å². The molecule has 3 aromatic rings. The smallest absolute Gasteiger partial charge is 0.421 e. The van der Waals surface area contributed by atoms with E-state index in [-0.39, 0.29) is 0 Å². The fourth-order valence-corrected chi connectivity index (χ4v) is 2.67. The van der Waals surface area contributed by atoms with Crippen LogP contribution < -0.4 is 15.6 Å². The Balaban J connectivity index is 1.66. The number of benzene rings is 2. The van der Waals surface area contributed by atoms with Gasteiger partial charge in [-0.05, 0) is 48.5 Å². The molecule has 0 fully saturated rings. The lowest BCUT2D eigenvalue weighted by atomic mass is 10.2. The van der Waals surface area contributed by atoms with E-state index < -0.39 is 29.8 Å². The van der Waals surface area contributed by atoms with Gasteiger partial charge in [0.05, 0.1) is 5.02 Å². The highest BCUT2D eigenvalue weighted by molar-refractivity contribution is 6.32. The molecule has 2 aromatic carbocycles. The number of alkyl halides is 3. The summed E-state index contributed by atoms with van der Waals surface area (Å²) >= 11 is 6.02. The van der Waals surface area contributed by atoms with Crippen molar-refractivity contribution in [3.63, 3.8) is 0 Å². The first-order valence-corrected chi connectivity index (χ1v) is 8.71. The quantitative estimate of drug-likeness (QED) is 0.632. The Morgan fingerprint density at radius 1 is 1.03 bits per heavy atom. The molecule has 5 nitrogen and oxygen atoms in total. The van der Waals surface area contributed by atoms with Gasteiger partial charge in [-0.25, -0.2) is 0 Å². The number of anilines is 1. The van der Waals surface area contributed by atoms with Gasteiger partial charge in [-0.3, -0.25) is 9.59 Å². The summed E-state index contributed by atoms with van der Waals surface area (Å²) < 4.78 is 44.7. The summed E-state index contributed by atoms with van der Waals surface area (Å²) in [6.45, 7) is -0.555. The predicted octanol–water partition coefficient (Wildman–Crippen LogP) is 4.95. The van der Waals surface area contributed by atoms with E-state index in [1.54, 1.807) is 48.5 Å². The van der Waals surface area contributed by atoms with Crippen LogP contribution in [0, 0.1) is 0 Å². The van der Waals surface area contributed by atoms with Gasteiger partial charge in [0, 0.05) is 11.9 Å². The molecule has 1 heterocycles. The molecule has 0 saturated carbocycles. The Labute approximate surface area is 168 Å². The zero-order chi connectivity index (χ0) is 21.0. The minimum Gasteiger partial charge on any atom is -0.456 e. The molecule has 0 spiro atoms. The first kappa shape index (κ1) is 20.5. The van der Waals surface area contributed by atoms with Crippen LogP contribution in [-0.4, -0.2) is 10.5 Å². The Bertz CT molecular complexity index is 1080. The molecule has 150 valence electrons. The molecule has 3 rings (SSSR count). The topological polar surface area (TPSA) is 60.3 Å². The number of nitrogens with zero attached hydrogens (tertiary/aromatic N) is 1. The standard InChI is InChI=1S/C20H14ClF3N2O3/c21-16-5-1-2-6-17(16)29-14-9-7-13(8-10-14)25-18(27)12-26-11-3-4-15(19(26)28)20(22,23)24/h1-11H,12H2,(H,25,27). The molecule has 0 aliphatic rings. The Morgan fingerprint density at radius 2 is 1.72 bits per heavy atom. The number of ether oxygens (including phenoxy) is 1. The number of amides is 1. The van der Waals surface area contributed by atoms with Crippen LogP contribution in [0.25, 0.3) is 0 Å². The maximum atomic E-state index is 12.8. The average Bonchev–Trinajstić information content (AvgIpc) is 2.66. The fourth-order valence-electron chi connectivity index (χ4n) is 2.49. The first-order chi connectivity index (χ1) is 13.7. The molecule has 0 saturated heterocycles. The number of pyridine rings is 1. The average molecular weight is 423 g/mol. The lowest BCUT2D eigenvalue weighted by Gasteiger charge is -2.11. The fraction of sp³-hybridized carbons (Fsp3) is 0.100. The molecule has 29 heavy (non-hydrogen) atoms. The highest BCUT2D eigenvalue weighted by Crippen LogP contribution is 2.29. The van der Waals surface area contributed by atoms with Crippen molar-refractivity contribution < 1.29 is 22.7 Å². The van der Waals surface area contributed by atoms with Crippen molar-refractivity contribution in [2.75, 3.05) is 5.32 Å². The number of nitrogens with one attached hydrogen (secondary N) is 1. The molecule has 0 radical (unpaired) electrons. The number of para-hydroxylation sites is 1. The third-order valence-corrected chi connectivity index (χ3v) is 4.15. The molecule has 0 bridgehead atoms. The molecule has 0 aliphatic heterocycles. The second-order valence-electron chi connectivity index (χ2n) is 5.96. The predicted molar refractivity (Wildman–Crippen MR) is 102 cm³/mol. The van der Waals surface area contributed by atoms with Crippen LogP contribution in [0.3, 0.4) is 0 Å². The van der Waals surface area contributed by atoms with E-state index >= 15 is 0 Å². The molecule has 0 aliphatic carbocycles. The molecule has 9 heteroatoms. The Morgan fingerprint density at radius 3 is 2.38 bits per heavy atom. The number of hydrogen-bond acceptors (Lipinski definition) is 3. The van der Waals surface area contributed by atoms with E-state index in [1.807, 2.05) is 0 Å². The van der Waals surface area contributed by atoms with Crippen molar-refractivity contribution in [3.8, 4) is 11.5 Å². The maximum Gasteiger partial charge on any atom is 0.421 e. The Kier molecular flexibility index (Phi) is 5.93. The largest absolute Gasteiger partial charge is 0.456 e. The summed E-state index contributed by atoms with van der Waals surface area (Å²) in [5.41, 5.74) is -2.21. The zero-order valence-corrected chi connectivity index (χ0v) is 15.5. The molecule has 0 unspecified atom stereocenters. The molecule has 1 aromatic heterocycles. The molecular weight excluding hydrogens is 409 g/mol. The number of rotatable bonds is 5. The second-order valence-corrected chi connectivity index (χ2v) is 6.36. The van der Waals surface area contributed by atoms with Crippen LogP contribution in [0.1, 0.15) is 5.56 Å². The van der Waals surface area contributed by atoms with Gasteiger partial charge < -0.3 is 14.6 Å². The van der Waals surface area contributed by atoms with Gasteiger partial charge in [-0.15, -0.1) is 0 Å². The highest BCUT2D eigenvalue weighted by Gasteiger charge is 2.34. The number of aromatic nitrogens is 1. The number of carbonyl (C=O) groups is 1. The van der Waals surface area contributed by atoms with Crippen molar-refractivity contribution >= 4 is 23.2 Å². The van der Waals surface area contributed by atoms with Gasteiger partial charge in [0.15, 0.2) is 0 Å². The van der Waals surface area contributed by atoms with E-state index in [2.05, 4.69) is 5.32 Å². The van der Waals surface area contributed by atoms with Gasteiger partial charge in [0.2, 0.25) is 5.91 Å². The van der Waals surface area contributed by atoms with Crippen molar-refractivity contribution in [3.05, 3.63) is 87.8 Å². The first-order valence-electron chi connectivity index (χ1n) is 8.33. The zero-order valence-electron chi connectivity index (χ0n) is 14.7. The molecule has 1 N–H and O–H groups in total. The van der Waals surface area contributed by atoms with Crippen LogP contribution in [0.5, 0.6) is 11.5 Å². The van der Waals surface area contributed by atoms with E-state index in [0.29, 0.717) is 32.8 Å². The summed E-state index contributed by atoms with van der Waals surface area (Å²) in [4.78, 5) is 24.0. The normalized spacial score (nSPS) is 11.2. The van der Waals surface area contributed by atoms with Gasteiger partial charge in [0.25, 0.3) is 5.56 Å². The van der Waals surface area contributed by atoms with E-state index in [1.165, 1.54) is 0 Å². The monoisotopic (exact) mass is 422 g/mol. The molecular formula is C20H14ClF3N2O3. The molecule has 0 atom stereocenters. The minimum atomic E-state index is -4.78. The van der Waals surface area contributed by atoms with Crippen molar-refractivity contribution in [1.82, 2.24) is 4.57 Å². The van der Waals surface area contributed by atoms with Crippen LogP contribution >= 0.6 is 11.6 Å². The minimum absolute atomic E-state index is 0.390. The summed E-state index contributed by atoms with van der Waals surface area (Å²) in [5.74, 6) is 0.297. The van der Waals surface area contributed by atoms with Crippen molar-refractivity contribution in [2.45, 2.75) is 12.7 Å². The SMILES string of the molecule is O=C(Cn1cccc(C(F)(F)F)c1=O)Nc1ccc(Oc2ccccc2Cl)cc1. The van der Waals surface area contributed by atoms with Gasteiger partial charge >= 0.3 is 6.18 Å². The van der Waals surface area contributed by atoms with Crippen LogP contribution in [0.15, 0.2) is 71.7 Å². The van der Waals surface area contributed by atoms with Crippen molar-refractivity contribution in [2.24, 2.45) is 0 Å². The maximum absolute atomic E-state index is 12.8. The lowest BCUT2D eigenvalue weighted by Crippen LogP contribution is -2.31. The third kappa shape index (κ3) is 5.17. The number of carbonyl (C=O) groups excluding carboxylic acids is 1. The summed E-state index contributed by atoms with van der Waals surface area (Å²) in [6.07, 6.45) is -3.66. The summed E-state index contributed by atoms with van der Waals surface area (Å²) in [6, 6.07) is 15.0. The number of halogens is 4. The summed E-state index contributed by atoms with van der Waals surface area (Å²) in [5, 5.41) is 2.96. The van der Waals surface area contributed by atoms with Crippen LogP contribution in [0.2, 0.25) is 5.02 Å². The Hall–Kier alpha value is -3.26. The van der Waals surface area contributed by atoms with Crippen LogP contribution in [0.4, 0.5) is 18.9 Å².